The topological polar surface area (TPSA) is 81.4 Å². The van der Waals surface area contributed by atoms with Crippen LogP contribution in [0.25, 0.3) is 0 Å². The van der Waals surface area contributed by atoms with Crippen molar-refractivity contribution in [3.63, 3.8) is 0 Å². The molecule has 7 heteroatoms. The Morgan fingerprint density at radius 2 is 2.11 bits per heavy atom. The van der Waals surface area contributed by atoms with E-state index in [0.29, 0.717) is 23.8 Å². The lowest BCUT2D eigenvalue weighted by atomic mass is 10.2. The summed E-state index contributed by atoms with van der Waals surface area (Å²) in [6, 6.07) is 2.53. The van der Waals surface area contributed by atoms with Crippen LogP contribution in [-0.4, -0.2) is 27.7 Å². The van der Waals surface area contributed by atoms with E-state index in [0.717, 1.165) is 0 Å². The Bertz CT molecular complexity index is 523. The van der Waals surface area contributed by atoms with Crippen molar-refractivity contribution < 1.29 is 13.2 Å². The minimum absolute atomic E-state index is 0.107. The lowest BCUT2D eigenvalue weighted by Gasteiger charge is -2.15. The van der Waals surface area contributed by atoms with E-state index >= 15 is 0 Å². The summed E-state index contributed by atoms with van der Waals surface area (Å²) in [5.41, 5.74) is 6.55. The average molecular weight is 307 g/mol. The van der Waals surface area contributed by atoms with Crippen molar-refractivity contribution in [2.45, 2.75) is 31.7 Å². The molecule has 1 aromatic rings. The van der Waals surface area contributed by atoms with Crippen molar-refractivity contribution in [1.29, 1.82) is 0 Å². The first-order valence-corrected chi connectivity index (χ1v) is 7.79. The number of nitrogens with one attached hydrogen (secondary N) is 1. The third-order valence-corrected chi connectivity index (χ3v) is 4.58. The second-order valence-corrected chi connectivity index (χ2v) is 6.42. The van der Waals surface area contributed by atoms with Gasteiger partial charge >= 0.3 is 0 Å². The zero-order chi connectivity index (χ0) is 14.6. The molecule has 0 aliphatic carbocycles. The number of aryl methyl sites for hydroxylation is 1. The summed E-state index contributed by atoms with van der Waals surface area (Å²) in [4.78, 5) is 0.107. The van der Waals surface area contributed by atoms with Crippen LogP contribution >= 0.6 is 11.6 Å². The van der Waals surface area contributed by atoms with E-state index in [2.05, 4.69) is 4.72 Å². The van der Waals surface area contributed by atoms with E-state index in [1.807, 2.05) is 6.92 Å². The predicted octanol–water partition coefficient (Wildman–Crippen LogP) is 1.93. The van der Waals surface area contributed by atoms with Crippen LogP contribution < -0.4 is 10.5 Å². The number of hydrogen-bond acceptors (Lipinski definition) is 4. The van der Waals surface area contributed by atoms with E-state index in [1.165, 1.54) is 12.1 Å². The molecule has 0 heterocycles. The third kappa shape index (κ3) is 4.35. The second kappa shape index (κ2) is 6.56. The van der Waals surface area contributed by atoms with Crippen molar-refractivity contribution in [1.82, 2.24) is 4.72 Å². The first-order valence-electron chi connectivity index (χ1n) is 5.93. The molecule has 0 aromatic heterocycles. The highest BCUT2D eigenvalue weighted by Gasteiger charge is 2.19. The van der Waals surface area contributed by atoms with Crippen LogP contribution in [0.1, 0.15) is 19.4 Å². The van der Waals surface area contributed by atoms with Gasteiger partial charge in [-0.2, -0.15) is 0 Å². The van der Waals surface area contributed by atoms with E-state index in [-0.39, 0.29) is 16.6 Å². The van der Waals surface area contributed by atoms with Crippen LogP contribution in [0.3, 0.4) is 0 Å². The van der Waals surface area contributed by atoms with Crippen molar-refractivity contribution in [3.05, 3.63) is 22.7 Å². The van der Waals surface area contributed by atoms with Crippen molar-refractivity contribution in [3.8, 4) is 0 Å². The van der Waals surface area contributed by atoms with Crippen molar-refractivity contribution >= 4 is 27.3 Å². The van der Waals surface area contributed by atoms with Gasteiger partial charge in [0, 0.05) is 12.6 Å². The van der Waals surface area contributed by atoms with Crippen molar-refractivity contribution in [2.75, 3.05) is 18.9 Å². The fourth-order valence-electron chi connectivity index (χ4n) is 1.58. The molecule has 0 aliphatic heterocycles. The maximum atomic E-state index is 12.2. The van der Waals surface area contributed by atoms with Gasteiger partial charge in [0.1, 0.15) is 0 Å². The number of sulfonamides is 1. The number of hydrogen-bond donors (Lipinski definition) is 2. The number of nitrogen functional groups attached to an aromatic ring is 1. The van der Waals surface area contributed by atoms with Gasteiger partial charge in [0.2, 0.25) is 10.0 Å². The van der Waals surface area contributed by atoms with Crippen LogP contribution in [0.15, 0.2) is 17.0 Å². The zero-order valence-corrected chi connectivity index (χ0v) is 12.8. The molecular weight excluding hydrogens is 288 g/mol. The standard InChI is InChI=1S/C12H19ClN2O3S/c1-4-18-7-9(3)15-19(16,17)10-5-8(2)12(13)11(14)6-10/h5-6,9,15H,4,7,14H2,1-3H3. The number of ether oxygens (including phenoxy) is 1. The maximum Gasteiger partial charge on any atom is 0.240 e. The van der Waals surface area contributed by atoms with E-state index < -0.39 is 10.0 Å². The normalized spacial score (nSPS) is 13.5. The minimum atomic E-state index is -3.62. The molecule has 0 radical (unpaired) electrons. The molecule has 0 aliphatic rings. The zero-order valence-electron chi connectivity index (χ0n) is 11.2. The molecule has 0 saturated carbocycles. The van der Waals surface area contributed by atoms with E-state index in [9.17, 15) is 8.42 Å². The SMILES string of the molecule is CCOCC(C)NS(=O)(=O)c1cc(C)c(Cl)c(N)c1. The third-order valence-electron chi connectivity index (χ3n) is 2.49. The predicted molar refractivity (Wildman–Crippen MR) is 76.9 cm³/mol. The summed E-state index contributed by atoms with van der Waals surface area (Å²) in [5, 5.41) is 0.376. The monoisotopic (exact) mass is 306 g/mol. The first-order chi connectivity index (χ1) is 8.77. The molecule has 1 aromatic carbocycles. The van der Waals surface area contributed by atoms with Crippen LogP contribution in [0.2, 0.25) is 5.02 Å². The van der Waals surface area contributed by atoms with Gasteiger partial charge in [0.05, 0.1) is 22.2 Å². The first kappa shape index (κ1) is 16.2. The Kier molecular flexibility index (Phi) is 5.61. The number of rotatable bonds is 6. The molecule has 1 atom stereocenters. The van der Waals surface area contributed by atoms with Crippen LogP contribution in [0.4, 0.5) is 5.69 Å². The van der Waals surface area contributed by atoms with Gasteiger partial charge < -0.3 is 10.5 Å². The van der Waals surface area contributed by atoms with E-state index in [1.54, 1.807) is 13.8 Å². The second-order valence-electron chi connectivity index (χ2n) is 4.33. The molecule has 0 saturated heterocycles. The van der Waals surface area contributed by atoms with Crippen LogP contribution in [0, 0.1) is 6.92 Å². The van der Waals surface area contributed by atoms with E-state index in [4.69, 9.17) is 22.1 Å². The Hall–Kier alpha value is -0.820. The van der Waals surface area contributed by atoms with Gasteiger partial charge in [-0.3, -0.25) is 0 Å². The summed E-state index contributed by atoms with van der Waals surface area (Å²) >= 11 is 5.91. The van der Waals surface area contributed by atoms with Gasteiger partial charge in [-0.15, -0.1) is 0 Å². The highest BCUT2D eigenvalue weighted by Crippen LogP contribution is 2.26. The smallest absolute Gasteiger partial charge is 0.240 e. The van der Waals surface area contributed by atoms with Gasteiger partial charge in [0.15, 0.2) is 0 Å². The molecule has 0 fully saturated rings. The molecule has 5 nitrogen and oxygen atoms in total. The number of halogens is 1. The summed E-state index contributed by atoms with van der Waals surface area (Å²) in [5.74, 6) is 0. The van der Waals surface area contributed by atoms with Gasteiger partial charge in [0.25, 0.3) is 0 Å². The number of benzene rings is 1. The molecule has 0 spiro atoms. The summed E-state index contributed by atoms with van der Waals surface area (Å²) in [6.07, 6.45) is 0. The average Bonchev–Trinajstić information content (AvgIpc) is 2.32. The fraction of sp³-hybridized carbons (Fsp3) is 0.500. The molecule has 19 heavy (non-hydrogen) atoms. The quantitative estimate of drug-likeness (QED) is 0.787. The fourth-order valence-corrected chi connectivity index (χ4v) is 3.04. The summed E-state index contributed by atoms with van der Waals surface area (Å²) in [6.45, 7) is 6.15. The molecular formula is C12H19ClN2O3S. The lowest BCUT2D eigenvalue weighted by molar-refractivity contribution is 0.133. The molecule has 1 rings (SSSR count). The molecule has 0 bridgehead atoms. The molecule has 0 amide bonds. The number of anilines is 1. The summed E-state index contributed by atoms with van der Waals surface area (Å²) < 4.78 is 32.0. The Balaban J connectivity index is 2.95. The van der Waals surface area contributed by atoms with Gasteiger partial charge in [-0.1, -0.05) is 11.6 Å². The van der Waals surface area contributed by atoms with Gasteiger partial charge in [-0.05, 0) is 38.5 Å². The van der Waals surface area contributed by atoms with Crippen LogP contribution in [0.5, 0.6) is 0 Å². The highest BCUT2D eigenvalue weighted by atomic mass is 35.5. The highest BCUT2D eigenvalue weighted by molar-refractivity contribution is 7.89. The molecule has 3 N–H and O–H groups in total. The largest absolute Gasteiger partial charge is 0.397 e. The van der Waals surface area contributed by atoms with Crippen LogP contribution in [-0.2, 0) is 14.8 Å². The maximum absolute atomic E-state index is 12.2. The van der Waals surface area contributed by atoms with Crippen molar-refractivity contribution in [2.24, 2.45) is 0 Å². The molecule has 108 valence electrons. The Morgan fingerprint density at radius 3 is 2.63 bits per heavy atom. The lowest BCUT2D eigenvalue weighted by Crippen LogP contribution is -2.36. The Morgan fingerprint density at radius 1 is 1.47 bits per heavy atom. The van der Waals surface area contributed by atoms with Gasteiger partial charge in [-0.25, -0.2) is 13.1 Å². The number of nitrogens with two attached hydrogens (primary N) is 1. The minimum Gasteiger partial charge on any atom is -0.397 e. The molecule has 1 unspecified atom stereocenters. The Labute approximate surface area is 119 Å². The summed E-state index contributed by atoms with van der Waals surface area (Å²) in [7, 11) is -3.62.